The highest BCUT2D eigenvalue weighted by Gasteiger charge is 2.30. The van der Waals surface area contributed by atoms with Crippen LogP contribution in [0.1, 0.15) is 16.8 Å². The van der Waals surface area contributed by atoms with Crippen molar-refractivity contribution in [3.8, 4) is 0 Å². The topological polar surface area (TPSA) is 137 Å². The van der Waals surface area contributed by atoms with Crippen molar-refractivity contribution in [1.82, 2.24) is 9.78 Å². The zero-order valence-electron chi connectivity index (χ0n) is 11.1. The van der Waals surface area contributed by atoms with Crippen LogP contribution in [0.5, 0.6) is 0 Å². The maximum absolute atomic E-state index is 11.8. The summed E-state index contributed by atoms with van der Waals surface area (Å²) in [6.45, 7) is 0.748. The molecule has 1 fully saturated rings. The van der Waals surface area contributed by atoms with Crippen LogP contribution >= 0.6 is 0 Å². The molecule has 5 N–H and O–H groups in total. The van der Waals surface area contributed by atoms with Gasteiger partial charge in [0, 0.05) is 19.1 Å². The third-order valence-electron chi connectivity index (χ3n) is 3.17. The van der Waals surface area contributed by atoms with Crippen LogP contribution in [0.4, 0.5) is 11.6 Å². The average Bonchev–Trinajstić information content (AvgIpc) is 2.93. The fraction of sp³-hybridized carbons (Fsp3) is 0.545. The van der Waals surface area contributed by atoms with Crippen LogP contribution in [-0.4, -0.2) is 53.1 Å². The Morgan fingerprint density at radius 2 is 2.25 bits per heavy atom. The largest absolute Gasteiger partial charge is 0.480 e. The number of nitrogen functional groups attached to an aromatic ring is 1. The number of hydrogen-bond acceptors (Lipinski definition) is 7. The van der Waals surface area contributed by atoms with Crippen molar-refractivity contribution in [2.24, 2.45) is 5.73 Å². The molecule has 20 heavy (non-hydrogen) atoms. The lowest BCUT2D eigenvalue weighted by molar-refractivity contribution is -0.137. The van der Waals surface area contributed by atoms with Gasteiger partial charge < -0.3 is 26.2 Å². The summed E-state index contributed by atoms with van der Waals surface area (Å²) in [4.78, 5) is 24.4. The van der Waals surface area contributed by atoms with Gasteiger partial charge in [-0.1, -0.05) is 0 Å². The second kappa shape index (κ2) is 5.37. The van der Waals surface area contributed by atoms with Crippen LogP contribution in [-0.2, 0) is 16.1 Å². The second-order valence-corrected chi connectivity index (χ2v) is 4.62. The number of nitrogens with zero attached hydrogens (tertiary/aromatic N) is 3. The minimum Gasteiger partial charge on any atom is -0.480 e. The summed E-state index contributed by atoms with van der Waals surface area (Å²) in [5, 5.41) is 12.9. The lowest BCUT2D eigenvalue weighted by Crippen LogP contribution is -2.27. The van der Waals surface area contributed by atoms with E-state index in [1.165, 1.54) is 7.11 Å². The number of carbonyl (C=O) groups is 2. The van der Waals surface area contributed by atoms with E-state index >= 15 is 0 Å². The van der Waals surface area contributed by atoms with Gasteiger partial charge in [0.1, 0.15) is 17.9 Å². The zero-order valence-corrected chi connectivity index (χ0v) is 11.1. The van der Waals surface area contributed by atoms with E-state index in [0.717, 1.165) is 11.1 Å². The number of ether oxygens (including phenoxy) is 1. The Bertz CT molecular complexity index is 541. The number of esters is 1. The number of aliphatic carboxylic acids is 1. The SMILES string of the molecule is COC(=O)c1c(N2CCC(N)C2)nn(CC(=O)O)c1N. The quantitative estimate of drug-likeness (QED) is 0.590. The molecule has 0 aromatic carbocycles. The number of aromatic nitrogens is 2. The van der Waals surface area contributed by atoms with Crippen molar-refractivity contribution in [1.29, 1.82) is 0 Å². The van der Waals surface area contributed by atoms with Gasteiger partial charge in [0.25, 0.3) is 0 Å². The number of rotatable bonds is 4. The summed E-state index contributed by atoms with van der Waals surface area (Å²) in [7, 11) is 1.23. The summed E-state index contributed by atoms with van der Waals surface area (Å²) in [6.07, 6.45) is 0.770. The van der Waals surface area contributed by atoms with Crippen molar-refractivity contribution < 1.29 is 19.4 Å². The predicted octanol–water partition coefficient (Wildman–Crippen LogP) is -1.13. The lowest BCUT2D eigenvalue weighted by atomic mass is 10.3. The van der Waals surface area contributed by atoms with E-state index in [1.807, 2.05) is 4.90 Å². The average molecular weight is 283 g/mol. The van der Waals surface area contributed by atoms with E-state index in [4.69, 9.17) is 16.6 Å². The number of methoxy groups -OCH3 is 1. The number of carboxylic acid groups (broad SMARTS) is 1. The van der Waals surface area contributed by atoms with Crippen LogP contribution in [0.2, 0.25) is 0 Å². The lowest BCUT2D eigenvalue weighted by Gasteiger charge is -2.15. The van der Waals surface area contributed by atoms with Crippen molar-refractivity contribution in [3.63, 3.8) is 0 Å². The molecule has 9 nitrogen and oxygen atoms in total. The van der Waals surface area contributed by atoms with Crippen molar-refractivity contribution in [3.05, 3.63) is 5.56 Å². The smallest absolute Gasteiger partial charge is 0.345 e. The molecule has 1 saturated heterocycles. The molecule has 0 bridgehead atoms. The normalized spacial score (nSPS) is 18.3. The third kappa shape index (κ3) is 2.52. The maximum Gasteiger partial charge on any atom is 0.345 e. The van der Waals surface area contributed by atoms with Crippen molar-refractivity contribution in [2.75, 3.05) is 30.8 Å². The Hall–Kier alpha value is -2.29. The molecule has 1 aromatic heterocycles. The van der Waals surface area contributed by atoms with Gasteiger partial charge in [-0.3, -0.25) is 4.79 Å². The van der Waals surface area contributed by atoms with Gasteiger partial charge >= 0.3 is 11.9 Å². The highest BCUT2D eigenvalue weighted by atomic mass is 16.5. The summed E-state index contributed by atoms with van der Waals surface area (Å²) in [6, 6.07) is -0.00801. The van der Waals surface area contributed by atoms with E-state index in [2.05, 4.69) is 9.84 Å². The van der Waals surface area contributed by atoms with Gasteiger partial charge in [0.15, 0.2) is 5.82 Å². The fourth-order valence-electron chi connectivity index (χ4n) is 2.21. The van der Waals surface area contributed by atoms with E-state index < -0.39 is 18.5 Å². The Labute approximate surface area is 115 Å². The molecule has 0 spiro atoms. The molecule has 9 heteroatoms. The first-order valence-electron chi connectivity index (χ1n) is 6.11. The summed E-state index contributed by atoms with van der Waals surface area (Å²) in [5.74, 6) is -1.44. The molecule has 1 aromatic rings. The first-order chi connectivity index (χ1) is 9.43. The molecule has 1 unspecified atom stereocenters. The first-order valence-corrected chi connectivity index (χ1v) is 6.11. The zero-order chi connectivity index (χ0) is 14.9. The monoisotopic (exact) mass is 283 g/mol. The standard InChI is InChI=1S/C11H17N5O4/c1-20-11(19)8-9(13)16(5-7(17)18)14-10(8)15-3-2-6(12)4-15/h6H,2-5,12-13H2,1H3,(H,17,18). The van der Waals surface area contributed by atoms with E-state index in [1.54, 1.807) is 0 Å². The first kappa shape index (κ1) is 14.1. The number of carboxylic acids is 1. The van der Waals surface area contributed by atoms with Crippen LogP contribution in [0, 0.1) is 0 Å². The number of carbonyl (C=O) groups excluding carboxylic acids is 1. The summed E-state index contributed by atoms with van der Waals surface area (Å²) in [5.41, 5.74) is 11.7. The minimum atomic E-state index is -1.10. The Balaban J connectivity index is 2.42. The predicted molar refractivity (Wildman–Crippen MR) is 70.4 cm³/mol. The number of anilines is 2. The molecule has 0 radical (unpaired) electrons. The van der Waals surface area contributed by atoms with Crippen LogP contribution in [0.15, 0.2) is 0 Å². The van der Waals surface area contributed by atoms with Gasteiger partial charge in [0.2, 0.25) is 0 Å². The summed E-state index contributed by atoms with van der Waals surface area (Å²) < 4.78 is 5.76. The number of nitrogens with two attached hydrogens (primary N) is 2. The molecule has 1 atom stereocenters. The Kier molecular flexibility index (Phi) is 3.79. The summed E-state index contributed by atoms with van der Waals surface area (Å²) >= 11 is 0. The van der Waals surface area contributed by atoms with E-state index in [9.17, 15) is 9.59 Å². The molecular formula is C11H17N5O4. The van der Waals surface area contributed by atoms with Crippen LogP contribution in [0.25, 0.3) is 0 Å². The molecule has 0 amide bonds. The highest BCUT2D eigenvalue weighted by Crippen LogP contribution is 2.28. The molecule has 2 heterocycles. The number of hydrogen-bond donors (Lipinski definition) is 3. The molecule has 2 rings (SSSR count). The fourth-order valence-corrected chi connectivity index (χ4v) is 2.21. The molecule has 1 aliphatic rings. The van der Waals surface area contributed by atoms with Crippen molar-refractivity contribution >= 4 is 23.6 Å². The molecular weight excluding hydrogens is 266 g/mol. The van der Waals surface area contributed by atoms with Gasteiger partial charge in [-0.15, -0.1) is 0 Å². The van der Waals surface area contributed by atoms with E-state index in [-0.39, 0.29) is 17.4 Å². The molecule has 0 saturated carbocycles. The van der Waals surface area contributed by atoms with Crippen LogP contribution in [0.3, 0.4) is 0 Å². The molecule has 0 aliphatic carbocycles. The Morgan fingerprint density at radius 3 is 2.75 bits per heavy atom. The van der Waals surface area contributed by atoms with Crippen molar-refractivity contribution in [2.45, 2.75) is 19.0 Å². The van der Waals surface area contributed by atoms with Gasteiger partial charge in [-0.25, -0.2) is 9.48 Å². The van der Waals surface area contributed by atoms with Gasteiger partial charge in [0.05, 0.1) is 7.11 Å². The van der Waals surface area contributed by atoms with E-state index in [0.29, 0.717) is 18.9 Å². The third-order valence-corrected chi connectivity index (χ3v) is 3.17. The van der Waals surface area contributed by atoms with Gasteiger partial charge in [-0.2, -0.15) is 5.10 Å². The van der Waals surface area contributed by atoms with Gasteiger partial charge in [-0.05, 0) is 6.42 Å². The second-order valence-electron chi connectivity index (χ2n) is 4.62. The maximum atomic E-state index is 11.8. The highest BCUT2D eigenvalue weighted by molar-refractivity contribution is 6.00. The molecule has 110 valence electrons. The van der Waals surface area contributed by atoms with Crippen LogP contribution < -0.4 is 16.4 Å². The minimum absolute atomic E-state index is 0.00801. The molecule has 1 aliphatic heterocycles. The Morgan fingerprint density at radius 1 is 1.55 bits per heavy atom.